The van der Waals surface area contributed by atoms with E-state index in [1.54, 1.807) is 36.4 Å². The first-order valence-corrected chi connectivity index (χ1v) is 13.4. The molecule has 1 unspecified atom stereocenters. The highest BCUT2D eigenvalue weighted by molar-refractivity contribution is 6.39. The smallest absolute Gasteiger partial charge is 0.339 e. The number of benzene rings is 3. The largest absolute Gasteiger partial charge is 0.489 e. The normalized spacial score (nSPS) is 16.6. The second-order valence-corrected chi connectivity index (χ2v) is 10.7. The molecule has 3 aromatic carbocycles. The Bertz CT molecular complexity index is 1530. The number of aromatic nitrogens is 1. The predicted molar refractivity (Wildman–Crippen MR) is 145 cm³/mol. The molecule has 2 heterocycles. The fourth-order valence-corrected chi connectivity index (χ4v) is 5.73. The molecule has 9 heteroatoms. The molecule has 0 radical (unpaired) electrons. The van der Waals surface area contributed by atoms with Gasteiger partial charge in [-0.1, -0.05) is 64.2 Å². The Hall–Kier alpha value is -3.19. The van der Waals surface area contributed by atoms with Gasteiger partial charge in [-0.05, 0) is 61.6 Å². The van der Waals surface area contributed by atoms with Crippen molar-refractivity contribution in [2.75, 3.05) is 0 Å². The van der Waals surface area contributed by atoms with E-state index < -0.39 is 5.97 Å². The van der Waals surface area contributed by atoms with Crippen LogP contribution in [0.1, 0.15) is 64.1 Å². The summed E-state index contributed by atoms with van der Waals surface area (Å²) in [6.07, 6.45) is 3.08. The quantitative estimate of drug-likeness (QED) is 0.240. The van der Waals surface area contributed by atoms with Crippen LogP contribution in [0.5, 0.6) is 11.5 Å². The van der Waals surface area contributed by atoms with Crippen molar-refractivity contribution in [1.82, 2.24) is 5.16 Å². The lowest BCUT2D eigenvalue weighted by molar-refractivity contribution is 0.0685. The number of aromatic carboxylic acids is 1. The summed E-state index contributed by atoms with van der Waals surface area (Å²) in [7, 11) is 0. The Morgan fingerprint density at radius 1 is 1.00 bits per heavy atom. The van der Waals surface area contributed by atoms with Crippen LogP contribution in [0.25, 0.3) is 11.3 Å². The fraction of sp³-hybridized carbons (Fsp3) is 0.241. The number of para-hydroxylation sites is 1. The van der Waals surface area contributed by atoms with Gasteiger partial charge in [0.05, 0.1) is 20.6 Å². The van der Waals surface area contributed by atoms with Crippen LogP contribution in [-0.2, 0) is 13.0 Å². The van der Waals surface area contributed by atoms with Gasteiger partial charge in [-0.2, -0.15) is 0 Å². The van der Waals surface area contributed by atoms with Gasteiger partial charge < -0.3 is 19.1 Å². The number of carboxylic acid groups (broad SMARTS) is 1. The minimum Gasteiger partial charge on any atom is -0.489 e. The molecule has 2 aliphatic rings. The number of rotatable bonds is 7. The third-order valence-corrected chi connectivity index (χ3v) is 7.89. The first-order valence-electron chi connectivity index (χ1n) is 12.3. The Morgan fingerprint density at radius 2 is 1.76 bits per heavy atom. The van der Waals surface area contributed by atoms with E-state index in [0.29, 0.717) is 56.6 Å². The highest BCUT2D eigenvalue weighted by Crippen LogP contribution is 2.46. The van der Waals surface area contributed by atoms with Crippen molar-refractivity contribution in [3.8, 4) is 22.8 Å². The van der Waals surface area contributed by atoms with E-state index in [9.17, 15) is 9.90 Å². The van der Waals surface area contributed by atoms with Crippen molar-refractivity contribution in [3.63, 3.8) is 0 Å². The summed E-state index contributed by atoms with van der Waals surface area (Å²) in [5.74, 6) is 1.05. The van der Waals surface area contributed by atoms with Gasteiger partial charge in [0.15, 0.2) is 0 Å². The van der Waals surface area contributed by atoms with Gasteiger partial charge in [0, 0.05) is 17.0 Å². The van der Waals surface area contributed by atoms with Gasteiger partial charge in [0.2, 0.25) is 0 Å². The molecule has 0 spiro atoms. The predicted octanol–water partition coefficient (Wildman–Crippen LogP) is 8.52. The second-order valence-electron chi connectivity index (χ2n) is 9.46. The minimum atomic E-state index is -1.02. The molecule has 1 aliphatic heterocycles. The zero-order valence-corrected chi connectivity index (χ0v) is 22.3. The maximum atomic E-state index is 11.7. The van der Waals surface area contributed by atoms with Crippen LogP contribution in [0.4, 0.5) is 0 Å². The van der Waals surface area contributed by atoms with E-state index in [1.165, 1.54) is 0 Å². The molecule has 1 fully saturated rings. The summed E-state index contributed by atoms with van der Waals surface area (Å²) in [4.78, 5) is 11.7. The lowest BCUT2D eigenvalue weighted by Crippen LogP contribution is -2.18. The number of hydrogen-bond donors (Lipinski definition) is 1. The zero-order chi connectivity index (χ0) is 26.4. The number of halogens is 3. The van der Waals surface area contributed by atoms with Crippen LogP contribution in [0, 0.1) is 0 Å². The Labute approximate surface area is 234 Å². The number of nitrogens with zero attached hydrogens (tertiary/aromatic N) is 1. The summed E-state index contributed by atoms with van der Waals surface area (Å²) in [6, 6.07) is 15.9. The molecule has 6 nitrogen and oxygen atoms in total. The molecule has 0 saturated heterocycles. The maximum absolute atomic E-state index is 11.7. The van der Waals surface area contributed by atoms with Crippen molar-refractivity contribution in [2.45, 2.75) is 44.3 Å². The average Bonchev–Trinajstić information content (AvgIpc) is 3.67. The van der Waals surface area contributed by atoms with Crippen molar-refractivity contribution < 1.29 is 23.9 Å². The number of fused-ring (bicyclic) bond motifs is 1. The highest BCUT2D eigenvalue weighted by Gasteiger charge is 2.34. The summed E-state index contributed by atoms with van der Waals surface area (Å²) < 4.78 is 18.0. The monoisotopic (exact) mass is 569 g/mol. The van der Waals surface area contributed by atoms with E-state index in [-0.39, 0.29) is 18.3 Å². The Balaban J connectivity index is 1.24. The molecule has 1 atom stereocenters. The third kappa shape index (κ3) is 4.73. The van der Waals surface area contributed by atoms with Crippen molar-refractivity contribution in [2.24, 2.45) is 0 Å². The van der Waals surface area contributed by atoms with Gasteiger partial charge in [-0.25, -0.2) is 4.79 Å². The molecule has 0 bridgehead atoms. The van der Waals surface area contributed by atoms with Crippen LogP contribution < -0.4 is 9.47 Å². The van der Waals surface area contributed by atoms with E-state index in [2.05, 4.69) is 5.16 Å². The molecule has 6 rings (SSSR count). The topological polar surface area (TPSA) is 81.8 Å². The van der Waals surface area contributed by atoms with E-state index >= 15 is 0 Å². The number of ether oxygens (including phenoxy) is 2. The van der Waals surface area contributed by atoms with Gasteiger partial charge in [-0.3, -0.25) is 0 Å². The molecular weight excluding hydrogens is 549 g/mol. The molecule has 1 N–H and O–H groups in total. The lowest BCUT2D eigenvalue weighted by Gasteiger charge is -2.28. The molecule has 0 amide bonds. The fourth-order valence-electron chi connectivity index (χ4n) is 4.86. The van der Waals surface area contributed by atoms with Crippen LogP contribution in [0.3, 0.4) is 0 Å². The number of aryl methyl sites for hydroxylation is 1. The summed E-state index contributed by atoms with van der Waals surface area (Å²) in [6.45, 7) is 0.206. The van der Waals surface area contributed by atoms with E-state index in [4.69, 9.17) is 48.8 Å². The van der Waals surface area contributed by atoms with Crippen LogP contribution >= 0.6 is 34.8 Å². The second kappa shape index (κ2) is 10.2. The maximum Gasteiger partial charge on any atom is 0.339 e. The van der Waals surface area contributed by atoms with Gasteiger partial charge in [-0.15, -0.1) is 0 Å². The van der Waals surface area contributed by atoms with Gasteiger partial charge >= 0.3 is 5.97 Å². The summed E-state index contributed by atoms with van der Waals surface area (Å²) in [5.41, 5.74) is 3.82. The van der Waals surface area contributed by atoms with Crippen LogP contribution in [-0.4, -0.2) is 16.2 Å². The SMILES string of the molecule is O=C(O)c1cccc2c1OC(c1ccc(OCc3c(-c4c(Cl)cccc4Cl)noc3C3CC3)cc1Cl)CC2. The lowest BCUT2D eigenvalue weighted by atomic mass is 9.95. The number of carboxylic acids is 1. The molecule has 1 saturated carbocycles. The van der Waals surface area contributed by atoms with Crippen molar-refractivity contribution in [1.29, 1.82) is 0 Å². The van der Waals surface area contributed by atoms with Crippen molar-refractivity contribution >= 4 is 40.8 Å². The Morgan fingerprint density at radius 3 is 2.47 bits per heavy atom. The van der Waals surface area contributed by atoms with E-state index in [0.717, 1.165) is 35.3 Å². The molecule has 1 aromatic heterocycles. The van der Waals surface area contributed by atoms with Gasteiger partial charge in [0.1, 0.15) is 41.2 Å². The molecule has 1 aliphatic carbocycles. The third-order valence-electron chi connectivity index (χ3n) is 6.93. The first kappa shape index (κ1) is 25.1. The summed E-state index contributed by atoms with van der Waals surface area (Å²) >= 11 is 19.6. The highest BCUT2D eigenvalue weighted by atomic mass is 35.5. The number of hydrogen-bond acceptors (Lipinski definition) is 5. The standard InChI is InChI=1S/C29H22Cl3NO5/c30-21-5-2-6-22(31)25(21)26-20(28(38-33-26)16-7-8-16)14-36-17-10-11-18(23(32)13-17)24-12-9-15-3-1-4-19(29(34)35)27(15)37-24/h1-6,10-11,13,16,24H,7-9,12,14H2,(H,34,35). The van der Waals surface area contributed by atoms with Crippen LogP contribution in [0.15, 0.2) is 59.1 Å². The van der Waals surface area contributed by atoms with Crippen LogP contribution in [0.2, 0.25) is 15.1 Å². The van der Waals surface area contributed by atoms with Gasteiger partial charge in [0.25, 0.3) is 0 Å². The zero-order valence-electron chi connectivity index (χ0n) is 20.0. The molecule has 194 valence electrons. The Kier molecular flexibility index (Phi) is 6.72. The average molecular weight is 571 g/mol. The molecule has 38 heavy (non-hydrogen) atoms. The van der Waals surface area contributed by atoms with E-state index in [1.807, 2.05) is 18.2 Å². The minimum absolute atomic E-state index is 0.151. The summed E-state index contributed by atoms with van der Waals surface area (Å²) in [5, 5.41) is 15.3. The van der Waals surface area contributed by atoms with Crippen molar-refractivity contribution in [3.05, 3.63) is 97.7 Å². The molecular formula is C29H22Cl3NO5. The number of carbonyl (C=O) groups is 1. The molecule has 4 aromatic rings. The first-order chi connectivity index (χ1) is 18.4.